The molecule has 0 bridgehead atoms. The molecule has 0 aliphatic rings. The lowest BCUT2D eigenvalue weighted by Gasteiger charge is -1.96. The summed E-state index contributed by atoms with van der Waals surface area (Å²) in [5.41, 5.74) is 8.52. The van der Waals surface area contributed by atoms with Gasteiger partial charge in [-0.2, -0.15) is 0 Å². The van der Waals surface area contributed by atoms with Crippen LogP contribution in [0.3, 0.4) is 0 Å². The van der Waals surface area contributed by atoms with E-state index in [-0.39, 0.29) is 0 Å². The summed E-state index contributed by atoms with van der Waals surface area (Å²) in [6.07, 6.45) is 0. The second-order valence-corrected chi connectivity index (χ2v) is 6.79. The van der Waals surface area contributed by atoms with Gasteiger partial charge in [-0.05, 0) is 26.0 Å². The quantitative estimate of drug-likeness (QED) is 0.453. The van der Waals surface area contributed by atoms with E-state index in [0.717, 1.165) is 44.8 Å². The second kappa shape index (κ2) is 5.56. The van der Waals surface area contributed by atoms with E-state index in [0.29, 0.717) is 0 Å². The molecule has 0 spiro atoms. The number of aromatic nitrogens is 4. The Balaban J connectivity index is 1.60. The van der Waals surface area contributed by atoms with Crippen molar-refractivity contribution in [2.45, 2.75) is 13.8 Å². The number of aromatic amines is 2. The number of nitrogens with zero attached hydrogens (tertiary/aromatic N) is 2. The van der Waals surface area contributed by atoms with Crippen LogP contribution in [0.4, 0.5) is 0 Å². The summed E-state index contributed by atoms with van der Waals surface area (Å²) in [6.45, 7) is 4.17. The zero-order valence-electron chi connectivity index (χ0n) is 14.7. The molecule has 4 heteroatoms. The smallest absolute Gasteiger partial charge is 0.138 e. The molecule has 0 aliphatic carbocycles. The standard InChI is InChI=1S/C22H18N4/c1-13-3-7-15(8-4-13)21-23-17-11-19-20(12-18(17)24-21)26-22(25-19)16-9-5-14(2)6-10-16/h3-12H,1-2H3,(H,23,24)(H,25,26). The molecule has 0 unspecified atom stereocenters. The molecular weight excluding hydrogens is 320 g/mol. The SMILES string of the molecule is Cc1ccc(-c2nc3cc4[nH]c(-c5ccc(C)cc5)nc4cc3[nH]2)cc1. The first kappa shape index (κ1) is 14.9. The predicted molar refractivity (Wildman–Crippen MR) is 106 cm³/mol. The third kappa shape index (κ3) is 2.47. The maximum Gasteiger partial charge on any atom is 0.138 e. The largest absolute Gasteiger partial charge is 0.338 e. The van der Waals surface area contributed by atoms with Crippen LogP contribution in [0.2, 0.25) is 0 Å². The van der Waals surface area contributed by atoms with Crippen LogP contribution in [-0.2, 0) is 0 Å². The number of rotatable bonds is 2. The topological polar surface area (TPSA) is 57.4 Å². The van der Waals surface area contributed by atoms with Crippen LogP contribution in [0, 0.1) is 13.8 Å². The van der Waals surface area contributed by atoms with Crippen molar-refractivity contribution in [2.24, 2.45) is 0 Å². The van der Waals surface area contributed by atoms with Gasteiger partial charge in [0.15, 0.2) is 0 Å². The van der Waals surface area contributed by atoms with E-state index in [1.807, 2.05) is 0 Å². The minimum Gasteiger partial charge on any atom is -0.338 e. The molecule has 2 aromatic heterocycles. The first-order valence-electron chi connectivity index (χ1n) is 8.69. The molecule has 0 aliphatic heterocycles. The summed E-state index contributed by atoms with van der Waals surface area (Å²) < 4.78 is 0. The average molecular weight is 338 g/mol. The van der Waals surface area contributed by atoms with Crippen LogP contribution in [-0.4, -0.2) is 19.9 Å². The Morgan fingerprint density at radius 2 is 0.962 bits per heavy atom. The molecule has 2 heterocycles. The van der Waals surface area contributed by atoms with Gasteiger partial charge in [0.2, 0.25) is 0 Å². The number of hydrogen-bond donors (Lipinski definition) is 2. The summed E-state index contributed by atoms with van der Waals surface area (Å²) >= 11 is 0. The third-order valence-corrected chi connectivity index (χ3v) is 4.73. The number of fused-ring (bicyclic) bond motifs is 2. The molecule has 5 aromatic rings. The summed E-state index contributed by atoms with van der Waals surface area (Å²) in [5, 5.41) is 0. The highest BCUT2D eigenvalue weighted by atomic mass is 14.9. The lowest BCUT2D eigenvalue weighted by molar-refractivity contribution is 1.32. The molecule has 3 aromatic carbocycles. The predicted octanol–water partition coefficient (Wildman–Crippen LogP) is 5.39. The van der Waals surface area contributed by atoms with E-state index in [2.05, 4.69) is 84.5 Å². The van der Waals surface area contributed by atoms with Gasteiger partial charge in [0, 0.05) is 11.1 Å². The molecule has 0 saturated carbocycles. The van der Waals surface area contributed by atoms with Crippen molar-refractivity contribution in [1.82, 2.24) is 19.9 Å². The van der Waals surface area contributed by atoms with Crippen molar-refractivity contribution >= 4 is 22.1 Å². The van der Waals surface area contributed by atoms with Crippen LogP contribution in [0.5, 0.6) is 0 Å². The van der Waals surface area contributed by atoms with E-state index >= 15 is 0 Å². The Labute approximate surface area is 150 Å². The molecule has 0 amide bonds. The van der Waals surface area contributed by atoms with Gasteiger partial charge in [-0.3, -0.25) is 0 Å². The van der Waals surface area contributed by atoms with E-state index in [1.165, 1.54) is 11.1 Å². The molecule has 126 valence electrons. The fourth-order valence-corrected chi connectivity index (χ4v) is 3.21. The van der Waals surface area contributed by atoms with Crippen LogP contribution < -0.4 is 0 Å². The number of hydrogen-bond acceptors (Lipinski definition) is 2. The lowest BCUT2D eigenvalue weighted by Crippen LogP contribution is -1.80. The van der Waals surface area contributed by atoms with Gasteiger partial charge in [-0.1, -0.05) is 59.7 Å². The Bertz CT molecular complexity index is 1080. The molecule has 2 N–H and O–H groups in total. The van der Waals surface area contributed by atoms with Gasteiger partial charge in [0.1, 0.15) is 11.6 Å². The van der Waals surface area contributed by atoms with Crippen LogP contribution in [0.25, 0.3) is 44.8 Å². The fraction of sp³-hybridized carbons (Fsp3) is 0.0909. The molecule has 5 rings (SSSR count). The van der Waals surface area contributed by atoms with E-state index in [9.17, 15) is 0 Å². The second-order valence-electron chi connectivity index (χ2n) is 6.79. The van der Waals surface area contributed by atoms with Gasteiger partial charge in [0.25, 0.3) is 0 Å². The van der Waals surface area contributed by atoms with Crippen molar-refractivity contribution in [2.75, 3.05) is 0 Å². The highest BCUT2D eigenvalue weighted by Crippen LogP contribution is 2.26. The Morgan fingerprint density at radius 1 is 0.577 bits per heavy atom. The Hall–Kier alpha value is -3.40. The fourth-order valence-electron chi connectivity index (χ4n) is 3.21. The maximum atomic E-state index is 4.75. The molecule has 0 atom stereocenters. The third-order valence-electron chi connectivity index (χ3n) is 4.73. The summed E-state index contributed by atoms with van der Waals surface area (Å²) in [5.74, 6) is 1.76. The Morgan fingerprint density at radius 3 is 1.35 bits per heavy atom. The van der Waals surface area contributed by atoms with Crippen molar-refractivity contribution < 1.29 is 0 Å². The highest BCUT2D eigenvalue weighted by molar-refractivity contribution is 5.94. The summed E-state index contributed by atoms with van der Waals surface area (Å²) in [4.78, 5) is 16.3. The molecular formula is C22H18N4. The number of H-pyrrole nitrogens is 2. The molecule has 0 saturated heterocycles. The van der Waals surface area contributed by atoms with Gasteiger partial charge >= 0.3 is 0 Å². The van der Waals surface area contributed by atoms with E-state index in [1.54, 1.807) is 0 Å². The summed E-state index contributed by atoms with van der Waals surface area (Å²) in [6, 6.07) is 20.9. The minimum atomic E-state index is 0.881. The van der Waals surface area contributed by atoms with E-state index in [4.69, 9.17) is 9.97 Å². The lowest BCUT2D eigenvalue weighted by atomic mass is 10.1. The van der Waals surface area contributed by atoms with Crippen molar-refractivity contribution in [3.63, 3.8) is 0 Å². The number of imidazole rings is 2. The Kier molecular flexibility index (Phi) is 3.19. The van der Waals surface area contributed by atoms with Gasteiger partial charge in [-0.15, -0.1) is 0 Å². The van der Waals surface area contributed by atoms with Gasteiger partial charge < -0.3 is 9.97 Å². The average Bonchev–Trinajstić information content (AvgIpc) is 3.23. The van der Waals surface area contributed by atoms with E-state index < -0.39 is 0 Å². The van der Waals surface area contributed by atoms with Gasteiger partial charge in [-0.25, -0.2) is 9.97 Å². The normalized spacial score (nSPS) is 11.5. The van der Waals surface area contributed by atoms with Crippen LogP contribution >= 0.6 is 0 Å². The number of nitrogens with one attached hydrogen (secondary N) is 2. The number of benzene rings is 3. The molecule has 4 nitrogen and oxygen atoms in total. The monoisotopic (exact) mass is 338 g/mol. The zero-order chi connectivity index (χ0) is 17.7. The van der Waals surface area contributed by atoms with Crippen LogP contribution in [0.1, 0.15) is 11.1 Å². The van der Waals surface area contributed by atoms with Crippen molar-refractivity contribution in [1.29, 1.82) is 0 Å². The number of aryl methyl sites for hydroxylation is 2. The van der Waals surface area contributed by atoms with Crippen molar-refractivity contribution in [3.05, 3.63) is 71.8 Å². The highest BCUT2D eigenvalue weighted by Gasteiger charge is 2.10. The van der Waals surface area contributed by atoms with Crippen molar-refractivity contribution in [3.8, 4) is 22.8 Å². The minimum absolute atomic E-state index is 0.881. The zero-order valence-corrected chi connectivity index (χ0v) is 14.7. The van der Waals surface area contributed by atoms with Crippen LogP contribution in [0.15, 0.2) is 60.7 Å². The first-order chi connectivity index (χ1) is 12.7. The molecule has 26 heavy (non-hydrogen) atoms. The molecule has 0 fully saturated rings. The maximum absolute atomic E-state index is 4.75. The first-order valence-corrected chi connectivity index (χ1v) is 8.69. The summed E-state index contributed by atoms with van der Waals surface area (Å²) in [7, 11) is 0. The molecule has 0 radical (unpaired) electrons. The van der Waals surface area contributed by atoms with Gasteiger partial charge in [0.05, 0.1) is 22.1 Å².